The van der Waals surface area contributed by atoms with Crippen LogP contribution in [0.4, 0.5) is 10.8 Å². The van der Waals surface area contributed by atoms with E-state index < -0.39 is 0 Å². The number of nitrogens with zero attached hydrogens (tertiary/aromatic N) is 2. The molecular formula is C25H24N2O5S. The lowest BCUT2D eigenvalue weighted by atomic mass is 10.1. The molecule has 170 valence electrons. The second-order valence-corrected chi connectivity index (χ2v) is 8.27. The fraction of sp³-hybridized carbons (Fsp3) is 0.240. The summed E-state index contributed by atoms with van der Waals surface area (Å²) >= 11 is 1.35. The second kappa shape index (κ2) is 9.87. The van der Waals surface area contributed by atoms with Crippen molar-refractivity contribution in [1.29, 1.82) is 0 Å². The number of amides is 1. The normalized spacial score (nSPS) is 10.9. The van der Waals surface area contributed by atoms with Gasteiger partial charge in [-0.2, -0.15) is 0 Å². The lowest BCUT2D eigenvalue weighted by Gasteiger charge is -2.20. The second-order valence-electron chi connectivity index (χ2n) is 7.44. The van der Waals surface area contributed by atoms with E-state index in [9.17, 15) is 9.59 Å². The van der Waals surface area contributed by atoms with Crippen LogP contribution in [0.3, 0.4) is 0 Å². The highest BCUT2D eigenvalue weighted by atomic mass is 32.1. The Hall–Kier alpha value is -3.65. The van der Waals surface area contributed by atoms with Crippen molar-refractivity contribution in [2.24, 2.45) is 0 Å². The molecule has 33 heavy (non-hydrogen) atoms. The SMILES string of the molecule is CCCc1cc(=O)oc2cc(OCc3csc(N(C(C)=O)c4ccccc4OC)n3)ccc12. The number of ether oxygens (including phenoxy) is 2. The molecule has 4 rings (SSSR count). The Morgan fingerprint density at radius 1 is 1.18 bits per heavy atom. The highest BCUT2D eigenvalue weighted by Crippen LogP contribution is 2.35. The van der Waals surface area contributed by atoms with Gasteiger partial charge in [-0.25, -0.2) is 9.78 Å². The Kier molecular flexibility index (Phi) is 6.74. The van der Waals surface area contributed by atoms with E-state index in [0.29, 0.717) is 33.6 Å². The quantitative estimate of drug-likeness (QED) is 0.322. The monoisotopic (exact) mass is 464 g/mol. The van der Waals surface area contributed by atoms with Crippen molar-refractivity contribution < 1.29 is 18.7 Å². The summed E-state index contributed by atoms with van der Waals surface area (Å²) in [4.78, 5) is 30.4. The summed E-state index contributed by atoms with van der Waals surface area (Å²) in [6.07, 6.45) is 1.75. The van der Waals surface area contributed by atoms with Crippen LogP contribution < -0.4 is 20.0 Å². The zero-order chi connectivity index (χ0) is 23.4. The van der Waals surface area contributed by atoms with Crippen molar-refractivity contribution in [3.63, 3.8) is 0 Å². The minimum atomic E-state index is -0.368. The number of rotatable bonds is 8. The van der Waals surface area contributed by atoms with E-state index in [1.54, 1.807) is 25.3 Å². The highest BCUT2D eigenvalue weighted by Gasteiger charge is 2.21. The number of aromatic nitrogens is 1. The molecule has 0 aliphatic heterocycles. The van der Waals surface area contributed by atoms with Gasteiger partial charge in [0, 0.05) is 29.8 Å². The maximum absolute atomic E-state index is 12.4. The van der Waals surface area contributed by atoms with Crippen LogP contribution in [0, 0.1) is 0 Å². The number of hydrogen-bond acceptors (Lipinski definition) is 7. The van der Waals surface area contributed by atoms with Gasteiger partial charge >= 0.3 is 5.63 Å². The molecule has 8 heteroatoms. The molecule has 0 unspecified atom stereocenters. The Balaban J connectivity index is 1.54. The van der Waals surface area contributed by atoms with Gasteiger partial charge in [-0.3, -0.25) is 9.69 Å². The first-order chi connectivity index (χ1) is 16.0. The summed E-state index contributed by atoms with van der Waals surface area (Å²) in [7, 11) is 1.56. The van der Waals surface area contributed by atoms with Crippen molar-refractivity contribution in [3.8, 4) is 11.5 Å². The minimum Gasteiger partial charge on any atom is -0.495 e. The van der Waals surface area contributed by atoms with E-state index in [0.717, 1.165) is 23.8 Å². The average Bonchev–Trinajstić information content (AvgIpc) is 3.26. The maximum Gasteiger partial charge on any atom is 0.336 e. The molecule has 7 nitrogen and oxygen atoms in total. The topological polar surface area (TPSA) is 81.9 Å². The molecule has 0 N–H and O–H groups in total. The summed E-state index contributed by atoms with van der Waals surface area (Å²) < 4.78 is 16.7. The zero-order valence-corrected chi connectivity index (χ0v) is 19.5. The molecule has 0 radical (unpaired) electrons. The van der Waals surface area contributed by atoms with E-state index >= 15 is 0 Å². The standard InChI is InChI=1S/C25H24N2O5S/c1-4-7-17-12-24(29)32-23-13-19(10-11-20(17)23)31-14-18-15-33-25(26-18)27(16(2)28)21-8-5-6-9-22(21)30-3/h5-6,8-13,15H,4,7,14H2,1-3H3. The van der Waals surface area contributed by atoms with Crippen LogP contribution in [0.5, 0.6) is 11.5 Å². The Labute approximate surface area is 195 Å². The van der Waals surface area contributed by atoms with Crippen LogP contribution in [-0.2, 0) is 17.8 Å². The third-order valence-corrected chi connectivity index (χ3v) is 5.95. The van der Waals surface area contributed by atoms with Gasteiger partial charge in [0.1, 0.15) is 23.7 Å². The third kappa shape index (κ3) is 4.90. The van der Waals surface area contributed by atoms with Gasteiger partial charge in [-0.15, -0.1) is 11.3 Å². The Morgan fingerprint density at radius 2 is 2.00 bits per heavy atom. The number of thiazole rings is 1. The molecule has 0 aliphatic rings. The number of carbonyl (C=O) groups is 1. The number of fused-ring (bicyclic) bond motifs is 1. The van der Waals surface area contributed by atoms with E-state index in [4.69, 9.17) is 13.9 Å². The van der Waals surface area contributed by atoms with Crippen LogP contribution in [-0.4, -0.2) is 18.0 Å². The first-order valence-electron chi connectivity index (χ1n) is 10.6. The molecule has 0 fully saturated rings. The summed E-state index contributed by atoms with van der Waals surface area (Å²) in [5.74, 6) is 0.983. The number of hydrogen-bond donors (Lipinski definition) is 0. The molecule has 2 aromatic heterocycles. The largest absolute Gasteiger partial charge is 0.495 e. The van der Waals surface area contributed by atoms with E-state index in [1.165, 1.54) is 23.2 Å². The van der Waals surface area contributed by atoms with Crippen LogP contribution in [0.2, 0.25) is 0 Å². The third-order valence-electron chi connectivity index (χ3n) is 5.08. The number of aryl methyl sites for hydroxylation is 1. The van der Waals surface area contributed by atoms with E-state index in [1.807, 2.05) is 35.7 Å². The fourth-order valence-electron chi connectivity index (χ4n) is 3.62. The molecule has 0 spiro atoms. The lowest BCUT2D eigenvalue weighted by Crippen LogP contribution is -2.23. The predicted octanol–water partition coefficient (Wildman–Crippen LogP) is 5.47. The summed E-state index contributed by atoms with van der Waals surface area (Å²) in [6.45, 7) is 3.76. The van der Waals surface area contributed by atoms with Crippen molar-refractivity contribution in [1.82, 2.24) is 4.98 Å². The van der Waals surface area contributed by atoms with Gasteiger partial charge < -0.3 is 13.9 Å². The van der Waals surface area contributed by atoms with Crippen molar-refractivity contribution >= 4 is 39.0 Å². The number of para-hydroxylation sites is 2. The van der Waals surface area contributed by atoms with Crippen molar-refractivity contribution in [2.75, 3.05) is 12.0 Å². The molecule has 1 amide bonds. The summed E-state index contributed by atoms with van der Waals surface area (Å²) in [5.41, 5.74) is 2.41. The van der Waals surface area contributed by atoms with Crippen LogP contribution in [0.15, 0.2) is 63.1 Å². The van der Waals surface area contributed by atoms with Gasteiger partial charge in [0.05, 0.1) is 18.5 Å². The summed E-state index contributed by atoms with van der Waals surface area (Å²) in [5, 5.41) is 3.29. The molecule has 4 aromatic rings. The molecular weight excluding hydrogens is 440 g/mol. The first-order valence-corrected chi connectivity index (χ1v) is 11.5. The van der Waals surface area contributed by atoms with Crippen molar-refractivity contribution in [3.05, 3.63) is 75.6 Å². The van der Waals surface area contributed by atoms with E-state index in [2.05, 4.69) is 11.9 Å². The molecule has 0 saturated carbocycles. The lowest BCUT2D eigenvalue weighted by molar-refractivity contribution is -0.115. The molecule has 2 aromatic carbocycles. The smallest absolute Gasteiger partial charge is 0.336 e. The minimum absolute atomic E-state index is 0.172. The Morgan fingerprint density at radius 3 is 2.76 bits per heavy atom. The van der Waals surface area contributed by atoms with Gasteiger partial charge in [-0.05, 0) is 36.2 Å². The highest BCUT2D eigenvalue weighted by molar-refractivity contribution is 7.14. The van der Waals surface area contributed by atoms with Gasteiger partial charge in [0.15, 0.2) is 5.13 Å². The molecule has 0 bridgehead atoms. The number of methoxy groups -OCH3 is 1. The van der Waals surface area contributed by atoms with Crippen LogP contribution in [0.25, 0.3) is 11.0 Å². The Bertz CT molecular complexity index is 1340. The first kappa shape index (κ1) is 22.5. The maximum atomic E-state index is 12.4. The average molecular weight is 465 g/mol. The van der Waals surface area contributed by atoms with Crippen LogP contribution in [0.1, 0.15) is 31.5 Å². The van der Waals surface area contributed by atoms with Crippen LogP contribution >= 0.6 is 11.3 Å². The molecule has 0 aliphatic carbocycles. The molecule has 0 saturated heterocycles. The number of carbonyl (C=O) groups excluding carboxylic acids is 1. The zero-order valence-electron chi connectivity index (χ0n) is 18.7. The predicted molar refractivity (Wildman–Crippen MR) is 129 cm³/mol. The molecule has 0 atom stereocenters. The number of benzene rings is 2. The fourth-order valence-corrected chi connectivity index (χ4v) is 4.49. The number of anilines is 2. The summed E-state index contributed by atoms with van der Waals surface area (Å²) in [6, 6.07) is 14.3. The van der Waals surface area contributed by atoms with Gasteiger partial charge in [-0.1, -0.05) is 25.5 Å². The van der Waals surface area contributed by atoms with Gasteiger partial charge in [0.25, 0.3) is 0 Å². The molecule has 2 heterocycles. The van der Waals surface area contributed by atoms with Gasteiger partial charge in [0.2, 0.25) is 5.91 Å². The van der Waals surface area contributed by atoms with Crippen molar-refractivity contribution in [2.45, 2.75) is 33.3 Å². The van der Waals surface area contributed by atoms with E-state index in [-0.39, 0.29) is 18.1 Å².